The summed E-state index contributed by atoms with van der Waals surface area (Å²) >= 11 is 1.81. The molecule has 3 rings (SSSR count). The summed E-state index contributed by atoms with van der Waals surface area (Å²) in [5.74, 6) is 0.130. The molecule has 0 atom stereocenters. The molecule has 1 saturated heterocycles. The average molecular weight is 365 g/mol. The Morgan fingerprint density at radius 3 is 2.76 bits per heavy atom. The van der Waals surface area contributed by atoms with Crippen LogP contribution in [0.1, 0.15) is 41.3 Å². The van der Waals surface area contributed by atoms with Gasteiger partial charge < -0.3 is 15.0 Å². The molecule has 0 bridgehead atoms. The minimum Gasteiger partial charge on any atom is -0.375 e. The van der Waals surface area contributed by atoms with Gasteiger partial charge in [-0.3, -0.25) is 9.59 Å². The quantitative estimate of drug-likeness (QED) is 0.831. The van der Waals surface area contributed by atoms with Crippen molar-refractivity contribution in [2.75, 3.05) is 33.4 Å². The maximum atomic E-state index is 12.3. The Labute approximate surface area is 153 Å². The highest BCUT2D eigenvalue weighted by atomic mass is 32.1. The molecule has 6 nitrogen and oxygen atoms in total. The maximum Gasteiger partial charge on any atom is 0.248 e. The Morgan fingerprint density at radius 1 is 1.28 bits per heavy atom. The number of hydrogen-bond acceptors (Lipinski definition) is 5. The van der Waals surface area contributed by atoms with Gasteiger partial charge >= 0.3 is 0 Å². The Kier molecular flexibility index (Phi) is 6.42. The smallest absolute Gasteiger partial charge is 0.248 e. The first-order chi connectivity index (χ1) is 12.2. The molecule has 0 radical (unpaired) electrons. The monoisotopic (exact) mass is 365 g/mol. The van der Waals surface area contributed by atoms with Crippen molar-refractivity contribution in [1.82, 2.24) is 15.2 Å². The highest BCUT2D eigenvalue weighted by molar-refractivity contribution is 7.11. The van der Waals surface area contributed by atoms with Gasteiger partial charge in [0.25, 0.3) is 0 Å². The lowest BCUT2D eigenvalue weighted by Gasteiger charge is -2.31. The van der Waals surface area contributed by atoms with Gasteiger partial charge in [0.1, 0.15) is 6.61 Å². The third kappa shape index (κ3) is 4.79. The number of likely N-dealkylation sites (tertiary alicyclic amines) is 1. The number of hydrogen-bond donors (Lipinski definition) is 1. The molecule has 0 unspecified atom stereocenters. The van der Waals surface area contributed by atoms with Crippen LogP contribution in [0.25, 0.3) is 0 Å². The van der Waals surface area contributed by atoms with Crippen LogP contribution in [0.4, 0.5) is 0 Å². The minimum atomic E-state index is 0.00842. The number of carbonyl (C=O) groups is 2. The lowest BCUT2D eigenvalue weighted by atomic mass is 9.96. The first-order valence-corrected chi connectivity index (χ1v) is 10.0. The Morgan fingerprint density at radius 2 is 2.04 bits per heavy atom. The SMILES string of the molecule is COCC(=O)N1CCC(C(=O)NCCc2nc3c(s2)CCCC3)CC1. The summed E-state index contributed by atoms with van der Waals surface area (Å²) in [6, 6.07) is 0. The topological polar surface area (TPSA) is 71.5 Å². The molecule has 2 amide bonds. The van der Waals surface area contributed by atoms with E-state index in [1.165, 1.54) is 36.9 Å². The zero-order chi connectivity index (χ0) is 17.6. The Bertz CT molecular complexity index is 585. The van der Waals surface area contributed by atoms with Crippen molar-refractivity contribution in [2.24, 2.45) is 5.92 Å². The number of amides is 2. The van der Waals surface area contributed by atoms with Crippen LogP contribution in [-0.4, -0.2) is 55.0 Å². The third-order valence-corrected chi connectivity index (χ3v) is 6.23. The molecule has 0 saturated carbocycles. The fourth-order valence-corrected chi connectivity index (χ4v) is 4.71. The number of methoxy groups -OCH3 is 1. The van der Waals surface area contributed by atoms with Crippen molar-refractivity contribution < 1.29 is 14.3 Å². The van der Waals surface area contributed by atoms with Gasteiger partial charge in [-0.2, -0.15) is 0 Å². The summed E-state index contributed by atoms with van der Waals surface area (Å²) in [6.45, 7) is 2.04. The molecule has 1 fully saturated rings. The number of ether oxygens (including phenoxy) is 1. The predicted octanol–water partition coefficient (Wildman–Crippen LogP) is 1.57. The molecular weight excluding hydrogens is 338 g/mol. The number of nitrogens with zero attached hydrogens (tertiary/aromatic N) is 2. The summed E-state index contributed by atoms with van der Waals surface area (Å²) in [6.07, 6.45) is 7.07. The van der Waals surface area contributed by atoms with Crippen LogP contribution in [-0.2, 0) is 33.6 Å². The summed E-state index contributed by atoms with van der Waals surface area (Å²) in [5.41, 5.74) is 1.28. The molecule has 25 heavy (non-hydrogen) atoms. The first kappa shape index (κ1) is 18.3. The van der Waals surface area contributed by atoms with Gasteiger partial charge in [0.2, 0.25) is 11.8 Å². The summed E-state index contributed by atoms with van der Waals surface area (Å²) in [4.78, 5) is 32.1. The van der Waals surface area contributed by atoms with E-state index in [-0.39, 0.29) is 24.3 Å². The van der Waals surface area contributed by atoms with Gasteiger partial charge in [-0.1, -0.05) is 0 Å². The van der Waals surface area contributed by atoms with E-state index in [1.54, 1.807) is 4.90 Å². The molecule has 2 heterocycles. The van der Waals surface area contributed by atoms with Gasteiger partial charge in [0, 0.05) is 44.0 Å². The second kappa shape index (κ2) is 8.76. The molecule has 0 aromatic carbocycles. The van der Waals surface area contributed by atoms with E-state index in [2.05, 4.69) is 5.32 Å². The van der Waals surface area contributed by atoms with Crippen LogP contribution in [0.5, 0.6) is 0 Å². The summed E-state index contributed by atoms with van der Waals surface area (Å²) in [5, 5.41) is 4.20. The number of aromatic nitrogens is 1. The fraction of sp³-hybridized carbons (Fsp3) is 0.722. The molecule has 138 valence electrons. The van der Waals surface area contributed by atoms with Gasteiger partial charge in [0.15, 0.2) is 0 Å². The number of carbonyl (C=O) groups excluding carboxylic acids is 2. The van der Waals surface area contributed by atoms with Gasteiger partial charge in [0.05, 0.1) is 10.7 Å². The van der Waals surface area contributed by atoms with Crippen LogP contribution in [0.15, 0.2) is 0 Å². The van der Waals surface area contributed by atoms with E-state index in [0.717, 1.165) is 30.7 Å². The average Bonchev–Trinajstić information content (AvgIpc) is 3.04. The van der Waals surface area contributed by atoms with Crippen molar-refractivity contribution in [3.63, 3.8) is 0 Å². The van der Waals surface area contributed by atoms with E-state index < -0.39 is 0 Å². The second-order valence-corrected chi connectivity index (χ2v) is 7.98. The molecule has 1 N–H and O–H groups in total. The molecule has 0 spiro atoms. The first-order valence-electron chi connectivity index (χ1n) is 9.19. The van der Waals surface area contributed by atoms with Crippen molar-refractivity contribution in [1.29, 1.82) is 0 Å². The van der Waals surface area contributed by atoms with E-state index in [0.29, 0.717) is 19.6 Å². The number of piperidine rings is 1. The molecular formula is C18H27N3O3S. The third-order valence-electron chi connectivity index (χ3n) is 5.01. The van der Waals surface area contributed by atoms with E-state index in [4.69, 9.17) is 9.72 Å². The van der Waals surface area contributed by atoms with E-state index >= 15 is 0 Å². The zero-order valence-corrected chi connectivity index (χ0v) is 15.7. The van der Waals surface area contributed by atoms with Crippen LogP contribution in [0, 0.1) is 5.92 Å². The second-order valence-electron chi connectivity index (χ2n) is 6.81. The summed E-state index contributed by atoms with van der Waals surface area (Å²) in [7, 11) is 1.52. The lowest BCUT2D eigenvalue weighted by molar-refractivity contribution is -0.138. The molecule has 7 heteroatoms. The van der Waals surface area contributed by atoms with Gasteiger partial charge in [-0.25, -0.2) is 4.98 Å². The largest absolute Gasteiger partial charge is 0.375 e. The highest BCUT2D eigenvalue weighted by Gasteiger charge is 2.27. The van der Waals surface area contributed by atoms with Crippen LogP contribution < -0.4 is 5.32 Å². The number of fused-ring (bicyclic) bond motifs is 1. The number of thiazole rings is 1. The molecule has 2 aliphatic rings. The van der Waals surface area contributed by atoms with Crippen molar-refractivity contribution in [2.45, 2.75) is 44.9 Å². The van der Waals surface area contributed by atoms with Crippen LogP contribution >= 0.6 is 11.3 Å². The number of aryl methyl sites for hydroxylation is 2. The summed E-state index contributed by atoms with van der Waals surface area (Å²) < 4.78 is 4.88. The van der Waals surface area contributed by atoms with Crippen LogP contribution in [0.2, 0.25) is 0 Å². The Hall–Kier alpha value is -1.47. The van der Waals surface area contributed by atoms with Gasteiger partial charge in [-0.15, -0.1) is 11.3 Å². The van der Waals surface area contributed by atoms with Gasteiger partial charge in [-0.05, 0) is 38.5 Å². The number of rotatable bonds is 6. The van der Waals surface area contributed by atoms with E-state index in [1.807, 2.05) is 11.3 Å². The Balaban J connectivity index is 1.38. The molecule has 1 aromatic heterocycles. The van der Waals surface area contributed by atoms with Crippen molar-refractivity contribution >= 4 is 23.2 Å². The van der Waals surface area contributed by atoms with Crippen molar-refractivity contribution in [3.8, 4) is 0 Å². The number of nitrogens with one attached hydrogen (secondary N) is 1. The fourth-order valence-electron chi connectivity index (χ4n) is 3.56. The van der Waals surface area contributed by atoms with Crippen LogP contribution in [0.3, 0.4) is 0 Å². The zero-order valence-electron chi connectivity index (χ0n) is 14.9. The molecule has 1 aliphatic carbocycles. The predicted molar refractivity (Wildman–Crippen MR) is 96.6 cm³/mol. The lowest BCUT2D eigenvalue weighted by Crippen LogP contribution is -2.44. The standard InChI is InChI=1S/C18H27N3O3S/c1-24-12-17(22)21-10-7-13(8-11-21)18(23)19-9-6-16-20-14-4-2-3-5-15(14)25-16/h13H,2-12H2,1H3,(H,19,23). The molecule has 1 aromatic rings. The van der Waals surface area contributed by atoms with E-state index in [9.17, 15) is 9.59 Å². The maximum absolute atomic E-state index is 12.3. The molecule has 1 aliphatic heterocycles. The minimum absolute atomic E-state index is 0.00842. The highest BCUT2D eigenvalue weighted by Crippen LogP contribution is 2.26. The normalized spacial score (nSPS) is 18.0. The van der Waals surface area contributed by atoms with Crippen molar-refractivity contribution in [3.05, 3.63) is 15.6 Å².